The van der Waals surface area contributed by atoms with E-state index < -0.39 is 0 Å². The number of benzene rings is 7. The Labute approximate surface area is 296 Å². The Balaban J connectivity index is 1.17. The summed E-state index contributed by atoms with van der Waals surface area (Å²) in [5.74, 6) is 0. The third-order valence-corrected chi connectivity index (χ3v) is 11.1. The van der Waals surface area contributed by atoms with Crippen LogP contribution in [0.3, 0.4) is 0 Å². The smallest absolute Gasteiger partial charge is 0.0788 e. The highest BCUT2D eigenvalue weighted by Gasteiger charge is 2.52. The predicted octanol–water partition coefficient (Wildman–Crippen LogP) is 12.1. The van der Waals surface area contributed by atoms with Crippen LogP contribution in [0.25, 0.3) is 77.6 Å². The SMILES string of the molecule is c1ccc(-c2ccc(-c3cccc(-c4nc5ccccc5c5c6c(ccc45)C4(c5ccccc5-c5ccccc54)c4ccccc4-6)c3)cc2)nc1. The van der Waals surface area contributed by atoms with Gasteiger partial charge in [0, 0.05) is 33.5 Å². The number of para-hydroxylation sites is 1. The maximum Gasteiger partial charge on any atom is 0.0788 e. The Morgan fingerprint density at radius 2 is 1.02 bits per heavy atom. The Kier molecular flexibility index (Phi) is 5.91. The van der Waals surface area contributed by atoms with Gasteiger partial charge in [0.1, 0.15) is 0 Å². The van der Waals surface area contributed by atoms with Crippen LogP contribution in [0.5, 0.6) is 0 Å². The molecule has 0 atom stereocenters. The van der Waals surface area contributed by atoms with Crippen molar-refractivity contribution in [3.05, 3.63) is 204 Å². The van der Waals surface area contributed by atoms with Crippen molar-refractivity contribution in [2.24, 2.45) is 0 Å². The minimum Gasteiger partial charge on any atom is -0.256 e. The van der Waals surface area contributed by atoms with Crippen LogP contribution in [-0.4, -0.2) is 9.97 Å². The molecule has 0 amide bonds. The summed E-state index contributed by atoms with van der Waals surface area (Å²) in [6.45, 7) is 0. The van der Waals surface area contributed by atoms with Gasteiger partial charge in [-0.3, -0.25) is 4.98 Å². The molecule has 2 nitrogen and oxygen atoms in total. The topological polar surface area (TPSA) is 25.8 Å². The lowest BCUT2D eigenvalue weighted by molar-refractivity contribution is 0.794. The molecule has 236 valence electrons. The van der Waals surface area contributed by atoms with Gasteiger partial charge < -0.3 is 0 Å². The van der Waals surface area contributed by atoms with Gasteiger partial charge in [-0.15, -0.1) is 0 Å². The number of fused-ring (bicyclic) bond motifs is 14. The molecule has 0 N–H and O–H groups in total. The van der Waals surface area contributed by atoms with Crippen LogP contribution in [-0.2, 0) is 5.41 Å². The first kappa shape index (κ1) is 28.2. The van der Waals surface area contributed by atoms with Crippen LogP contribution < -0.4 is 0 Å². The number of hydrogen-bond acceptors (Lipinski definition) is 2. The molecular formula is C49H30N2. The van der Waals surface area contributed by atoms with Crippen LogP contribution in [0.15, 0.2) is 182 Å². The summed E-state index contributed by atoms with van der Waals surface area (Å²) in [7, 11) is 0. The molecule has 0 fully saturated rings. The predicted molar refractivity (Wildman–Crippen MR) is 210 cm³/mol. The van der Waals surface area contributed by atoms with E-state index in [0.29, 0.717) is 0 Å². The molecule has 0 saturated carbocycles. The van der Waals surface area contributed by atoms with Gasteiger partial charge in [-0.05, 0) is 79.9 Å². The van der Waals surface area contributed by atoms with Gasteiger partial charge in [0.05, 0.1) is 22.3 Å². The van der Waals surface area contributed by atoms with E-state index >= 15 is 0 Å². The minimum absolute atomic E-state index is 0.390. The van der Waals surface area contributed by atoms with E-state index in [1.165, 1.54) is 60.7 Å². The Morgan fingerprint density at radius 1 is 0.392 bits per heavy atom. The highest BCUT2D eigenvalue weighted by atomic mass is 14.7. The summed E-state index contributed by atoms with van der Waals surface area (Å²) < 4.78 is 0. The second-order valence-electron chi connectivity index (χ2n) is 13.6. The Hall–Kier alpha value is -6.64. The van der Waals surface area contributed by atoms with Crippen molar-refractivity contribution >= 4 is 21.7 Å². The molecular weight excluding hydrogens is 617 g/mol. The molecule has 11 rings (SSSR count). The van der Waals surface area contributed by atoms with Crippen molar-refractivity contribution in [3.8, 4) is 55.9 Å². The molecule has 2 aromatic heterocycles. The molecule has 2 aliphatic carbocycles. The summed E-state index contributed by atoms with van der Waals surface area (Å²) in [5, 5.41) is 3.62. The van der Waals surface area contributed by atoms with Gasteiger partial charge in [-0.1, -0.05) is 152 Å². The van der Waals surface area contributed by atoms with Crippen LogP contribution in [0.2, 0.25) is 0 Å². The third kappa shape index (κ3) is 3.87. The van der Waals surface area contributed by atoms with Crippen molar-refractivity contribution in [3.63, 3.8) is 0 Å². The zero-order chi connectivity index (χ0) is 33.5. The van der Waals surface area contributed by atoms with Crippen molar-refractivity contribution in [1.82, 2.24) is 9.97 Å². The molecule has 51 heavy (non-hydrogen) atoms. The van der Waals surface area contributed by atoms with Gasteiger partial charge in [0.15, 0.2) is 0 Å². The van der Waals surface area contributed by atoms with Crippen molar-refractivity contribution in [2.45, 2.75) is 5.41 Å². The quantitative estimate of drug-likeness (QED) is 0.179. The average molecular weight is 647 g/mol. The summed E-state index contributed by atoms with van der Waals surface area (Å²) in [6, 6.07) is 64.1. The second-order valence-corrected chi connectivity index (χ2v) is 13.6. The first-order chi connectivity index (χ1) is 25.3. The van der Waals surface area contributed by atoms with Crippen LogP contribution in [0, 0.1) is 0 Å². The fraction of sp³-hybridized carbons (Fsp3) is 0.0204. The van der Waals surface area contributed by atoms with Gasteiger partial charge in [-0.2, -0.15) is 0 Å². The number of hydrogen-bond donors (Lipinski definition) is 0. The summed E-state index contributed by atoms with van der Waals surface area (Å²) in [5.41, 5.74) is 17.8. The molecule has 0 radical (unpaired) electrons. The number of pyridine rings is 2. The van der Waals surface area contributed by atoms with Gasteiger partial charge >= 0.3 is 0 Å². The lowest BCUT2D eigenvalue weighted by Gasteiger charge is -2.30. The van der Waals surface area contributed by atoms with Crippen LogP contribution >= 0.6 is 0 Å². The van der Waals surface area contributed by atoms with E-state index in [9.17, 15) is 0 Å². The number of nitrogens with zero attached hydrogens (tertiary/aromatic N) is 2. The van der Waals surface area contributed by atoms with Crippen molar-refractivity contribution in [1.29, 1.82) is 0 Å². The minimum atomic E-state index is -0.390. The van der Waals surface area contributed by atoms with Gasteiger partial charge in [-0.25, -0.2) is 4.98 Å². The largest absolute Gasteiger partial charge is 0.256 e. The average Bonchev–Trinajstić information content (AvgIpc) is 3.68. The van der Waals surface area contributed by atoms with Crippen molar-refractivity contribution < 1.29 is 0 Å². The van der Waals surface area contributed by atoms with Gasteiger partial charge in [0.25, 0.3) is 0 Å². The molecule has 0 unspecified atom stereocenters. The monoisotopic (exact) mass is 646 g/mol. The lowest BCUT2D eigenvalue weighted by atomic mass is 9.70. The second kappa shape index (κ2) is 10.7. The molecule has 2 heterocycles. The Morgan fingerprint density at radius 3 is 1.76 bits per heavy atom. The standard InChI is InChI=1S/C49H30N2/c1-5-18-40-35(14-1)36-15-2-6-19-41(36)49(40)42-20-7-3-16-37(42)47-43(49)28-27-39-46(47)38-17-4-8-22-45(38)51-48(39)34-13-11-12-33(30-34)31-23-25-32(26-24-31)44-21-9-10-29-50-44/h1-30H. The summed E-state index contributed by atoms with van der Waals surface area (Å²) >= 11 is 0. The van der Waals surface area contributed by atoms with Crippen molar-refractivity contribution in [2.75, 3.05) is 0 Å². The fourth-order valence-electron chi connectivity index (χ4n) is 9.06. The molecule has 2 heteroatoms. The first-order valence-electron chi connectivity index (χ1n) is 17.6. The normalized spacial score (nSPS) is 13.3. The fourth-order valence-corrected chi connectivity index (χ4v) is 9.06. The molecule has 9 aromatic rings. The van der Waals surface area contributed by atoms with E-state index in [1.54, 1.807) is 0 Å². The van der Waals surface area contributed by atoms with E-state index in [-0.39, 0.29) is 5.41 Å². The highest BCUT2D eigenvalue weighted by Crippen LogP contribution is 2.64. The maximum atomic E-state index is 5.40. The molecule has 2 aliphatic rings. The van der Waals surface area contributed by atoms with E-state index in [0.717, 1.165) is 39.2 Å². The van der Waals surface area contributed by atoms with E-state index in [4.69, 9.17) is 4.98 Å². The number of aromatic nitrogens is 2. The zero-order valence-electron chi connectivity index (χ0n) is 27.7. The summed E-state index contributed by atoms with van der Waals surface area (Å²) in [6.07, 6.45) is 1.84. The molecule has 7 aromatic carbocycles. The first-order valence-corrected chi connectivity index (χ1v) is 17.6. The molecule has 0 saturated heterocycles. The number of rotatable bonds is 3. The van der Waals surface area contributed by atoms with E-state index in [2.05, 4.69) is 163 Å². The maximum absolute atomic E-state index is 5.40. The molecule has 0 aliphatic heterocycles. The van der Waals surface area contributed by atoms with E-state index in [1.807, 2.05) is 24.4 Å². The van der Waals surface area contributed by atoms with Gasteiger partial charge in [0.2, 0.25) is 0 Å². The third-order valence-electron chi connectivity index (χ3n) is 11.1. The molecule has 0 bridgehead atoms. The molecule has 1 spiro atoms. The Bertz CT molecular complexity index is 2800. The lowest BCUT2D eigenvalue weighted by Crippen LogP contribution is -2.25. The zero-order valence-corrected chi connectivity index (χ0v) is 27.7. The highest BCUT2D eigenvalue weighted by molar-refractivity contribution is 6.20. The van der Waals surface area contributed by atoms with Crippen LogP contribution in [0.4, 0.5) is 0 Å². The summed E-state index contributed by atoms with van der Waals surface area (Å²) in [4.78, 5) is 9.93. The van der Waals surface area contributed by atoms with Crippen LogP contribution in [0.1, 0.15) is 22.3 Å².